The van der Waals surface area contributed by atoms with Crippen molar-refractivity contribution in [3.63, 3.8) is 0 Å². The Morgan fingerprint density at radius 3 is 2.53 bits per heavy atom. The van der Waals surface area contributed by atoms with Crippen molar-refractivity contribution in [2.45, 2.75) is 44.1 Å². The van der Waals surface area contributed by atoms with Gasteiger partial charge in [-0.05, 0) is 79.6 Å². The quantitative estimate of drug-likeness (QED) is 0.448. The molecule has 1 aliphatic rings. The molecule has 7 nitrogen and oxygen atoms in total. The number of fused-ring (bicyclic) bond motifs is 1. The molecule has 0 radical (unpaired) electrons. The third-order valence-corrected chi connectivity index (χ3v) is 7.74. The lowest BCUT2D eigenvalue weighted by Gasteiger charge is -2.20. The van der Waals surface area contributed by atoms with Crippen LogP contribution in [0, 0.1) is 6.92 Å². The molecule has 180 valence electrons. The van der Waals surface area contributed by atoms with E-state index >= 15 is 0 Å². The van der Waals surface area contributed by atoms with Crippen molar-refractivity contribution in [3.8, 4) is 17.2 Å². The molecule has 0 aliphatic heterocycles. The summed E-state index contributed by atoms with van der Waals surface area (Å²) in [5, 5.41) is 0.381. The van der Waals surface area contributed by atoms with Crippen LogP contribution in [0.15, 0.2) is 47.4 Å². The molecule has 9 heteroatoms. The summed E-state index contributed by atoms with van der Waals surface area (Å²) in [6.07, 6.45) is 3.77. The van der Waals surface area contributed by atoms with Crippen LogP contribution >= 0.6 is 11.6 Å². The summed E-state index contributed by atoms with van der Waals surface area (Å²) in [7, 11) is -0.785. The second-order valence-electron chi connectivity index (χ2n) is 8.09. The number of rotatable bonds is 8. The summed E-state index contributed by atoms with van der Waals surface area (Å²) < 4.78 is 45.8. The minimum atomic E-state index is -3.93. The van der Waals surface area contributed by atoms with E-state index in [1.807, 2.05) is 18.2 Å². The zero-order valence-electron chi connectivity index (χ0n) is 19.4. The predicted octanol–water partition coefficient (Wildman–Crippen LogP) is 5.32. The second-order valence-corrected chi connectivity index (χ2v) is 10.2. The molecule has 0 unspecified atom stereocenters. The van der Waals surface area contributed by atoms with Gasteiger partial charge in [0.05, 0.1) is 19.1 Å². The molecule has 1 aliphatic carbocycles. The molecule has 1 heterocycles. The number of methoxy groups -OCH3 is 2. The van der Waals surface area contributed by atoms with Gasteiger partial charge in [-0.15, -0.1) is 0 Å². The van der Waals surface area contributed by atoms with Crippen LogP contribution in [0.5, 0.6) is 17.2 Å². The van der Waals surface area contributed by atoms with Gasteiger partial charge in [-0.1, -0.05) is 23.7 Å². The lowest BCUT2D eigenvalue weighted by atomic mass is 9.96. The van der Waals surface area contributed by atoms with Gasteiger partial charge < -0.3 is 14.2 Å². The summed E-state index contributed by atoms with van der Waals surface area (Å²) >= 11 is 6.16. The standard InChI is InChI=1S/C25H27ClN2O5S/c1-16-19(26)8-6-10-24(16)34(29,30)28-25-23(14-18-7-4-5-9-20(18)27-25)33-15-17-11-12-21(31-2)22(13-17)32-3/h6,8,10-14H,4-5,7,9,15H2,1-3H3,(H,27,28). The Labute approximate surface area is 205 Å². The number of ether oxygens (including phenoxy) is 3. The van der Waals surface area contributed by atoms with Crippen molar-refractivity contribution in [1.82, 2.24) is 4.98 Å². The molecule has 0 spiro atoms. The largest absolute Gasteiger partial charge is 0.493 e. The molecule has 2 aromatic carbocycles. The van der Waals surface area contributed by atoms with Gasteiger partial charge in [0.1, 0.15) is 6.61 Å². The van der Waals surface area contributed by atoms with Crippen LogP contribution in [0.3, 0.4) is 0 Å². The van der Waals surface area contributed by atoms with Crippen LogP contribution in [0.4, 0.5) is 5.82 Å². The maximum absolute atomic E-state index is 13.2. The molecular formula is C25H27ClN2O5S. The second kappa shape index (κ2) is 10.1. The number of aryl methyl sites for hydroxylation is 2. The van der Waals surface area contributed by atoms with Crippen molar-refractivity contribution in [2.24, 2.45) is 0 Å². The van der Waals surface area contributed by atoms with E-state index < -0.39 is 10.0 Å². The highest BCUT2D eigenvalue weighted by Gasteiger charge is 2.23. The minimum absolute atomic E-state index is 0.102. The molecule has 1 aromatic heterocycles. The molecular weight excluding hydrogens is 476 g/mol. The van der Waals surface area contributed by atoms with Crippen LogP contribution < -0.4 is 18.9 Å². The first-order chi connectivity index (χ1) is 16.3. The number of nitrogens with one attached hydrogen (secondary N) is 1. The highest BCUT2D eigenvalue weighted by atomic mass is 35.5. The van der Waals surface area contributed by atoms with Crippen molar-refractivity contribution < 1.29 is 22.6 Å². The van der Waals surface area contributed by atoms with Gasteiger partial charge in [-0.25, -0.2) is 13.4 Å². The molecule has 34 heavy (non-hydrogen) atoms. The summed E-state index contributed by atoms with van der Waals surface area (Å²) in [4.78, 5) is 4.76. The molecule has 1 N–H and O–H groups in total. The number of nitrogens with zero attached hydrogens (tertiary/aromatic N) is 1. The Kier molecular flexibility index (Phi) is 7.19. The Hall–Kier alpha value is -2.97. The first-order valence-electron chi connectivity index (χ1n) is 11.0. The normalized spacial score (nSPS) is 13.2. The molecule has 0 amide bonds. The number of pyridine rings is 1. The maximum Gasteiger partial charge on any atom is 0.263 e. The van der Waals surface area contributed by atoms with Gasteiger partial charge in [0.15, 0.2) is 23.1 Å². The van der Waals surface area contributed by atoms with Crippen molar-refractivity contribution in [3.05, 3.63) is 69.9 Å². The molecule has 0 saturated heterocycles. The van der Waals surface area contributed by atoms with E-state index in [1.165, 1.54) is 6.07 Å². The lowest BCUT2D eigenvalue weighted by molar-refractivity contribution is 0.303. The number of benzene rings is 2. The van der Waals surface area contributed by atoms with Crippen LogP contribution in [0.1, 0.15) is 35.2 Å². The molecule has 0 saturated carbocycles. The van der Waals surface area contributed by atoms with Gasteiger partial charge in [-0.2, -0.15) is 0 Å². The van der Waals surface area contributed by atoms with Crippen molar-refractivity contribution >= 4 is 27.4 Å². The van der Waals surface area contributed by atoms with Crippen molar-refractivity contribution in [1.29, 1.82) is 0 Å². The van der Waals surface area contributed by atoms with Crippen LogP contribution in [-0.4, -0.2) is 27.6 Å². The van der Waals surface area contributed by atoms with E-state index in [4.69, 9.17) is 25.8 Å². The highest BCUT2D eigenvalue weighted by Crippen LogP contribution is 2.34. The predicted molar refractivity (Wildman–Crippen MR) is 132 cm³/mol. The van der Waals surface area contributed by atoms with Gasteiger partial charge >= 0.3 is 0 Å². The van der Waals surface area contributed by atoms with Gasteiger partial charge in [0, 0.05) is 10.7 Å². The summed E-state index contributed by atoms with van der Waals surface area (Å²) in [5.74, 6) is 1.75. The Balaban J connectivity index is 1.66. The average Bonchev–Trinajstić information content (AvgIpc) is 2.83. The number of sulfonamides is 1. The third kappa shape index (κ3) is 5.08. The monoisotopic (exact) mass is 502 g/mol. The summed E-state index contributed by atoms with van der Waals surface area (Å²) in [5.41, 5.74) is 3.29. The van der Waals surface area contributed by atoms with Crippen LogP contribution in [0.2, 0.25) is 5.02 Å². The Morgan fingerprint density at radius 2 is 1.76 bits per heavy atom. The number of aromatic nitrogens is 1. The van der Waals surface area contributed by atoms with Crippen LogP contribution in [-0.2, 0) is 29.5 Å². The fourth-order valence-electron chi connectivity index (χ4n) is 3.99. The van der Waals surface area contributed by atoms with E-state index in [2.05, 4.69) is 9.71 Å². The van der Waals surface area contributed by atoms with Gasteiger partial charge in [-0.3, -0.25) is 4.72 Å². The Morgan fingerprint density at radius 1 is 1.00 bits per heavy atom. The molecule has 0 fully saturated rings. The Bertz CT molecular complexity index is 1310. The SMILES string of the molecule is COc1ccc(COc2cc3c(nc2NS(=O)(=O)c2cccc(Cl)c2C)CCCC3)cc1OC. The van der Waals surface area contributed by atoms with Crippen molar-refractivity contribution in [2.75, 3.05) is 18.9 Å². The highest BCUT2D eigenvalue weighted by molar-refractivity contribution is 7.92. The van der Waals surface area contributed by atoms with Crippen LogP contribution in [0.25, 0.3) is 0 Å². The molecule has 0 bridgehead atoms. The van der Waals surface area contributed by atoms with Gasteiger partial charge in [0.25, 0.3) is 10.0 Å². The van der Waals surface area contributed by atoms with E-state index in [0.29, 0.717) is 27.8 Å². The minimum Gasteiger partial charge on any atom is -0.493 e. The van der Waals surface area contributed by atoms with E-state index in [-0.39, 0.29) is 17.3 Å². The molecule has 0 atom stereocenters. The van der Waals surface area contributed by atoms with Gasteiger partial charge in [0.2, 0.25) is 0 Å². The van der Waals surface area contributed by atoms with E-state index in [1.54, 1.807) is 39.3 Å². The fourth-order valence-corrected chi connectivity index (χ4v) is 5.50. The average molecular weight is 503 g/mol. The fraction of sp³-hybridized carbons (Fsp3) is 0.320. The number of anilines is 1. The molecule has 3 aromatic rings. The number of hydrogen-bond acceptors (Lipinski definition) is 6. The number of halogens is 1. The molecule has 4 rings (SSSR count). The smallest absolute Gasteiger partial charge is 0.263 e. The number of hydrogen-bond donors (Lipinski definition) is 1. The zero-order valence-corrected chi connectivity index (χ0v) is 20.9. The first kappa shape index (κ1) is 24.2. The van der Waals surface area contributed by atoms with E-state index in [9.17, 15) is 8.42 Å². The van der Waals surface area contributed by atoms with E-state index in [0.717, 1.165) is 42.5 Å². The lowest BCUT2D eigenvalue weighted by Crippen LogP contribution is -2.18. The third-order valence-electron chi connectivity index (χ3n) is 5.85. The summed E-state index contributed by atoms with van der Waals surface area (Å²) in [6.45, 7) is 1.87. The topological polar surface area (TPSA) is 86.8 Å². The zero-order chi connectivity index (χ0) is 24.3. The summed E-state index contributed by atoms with van der Waals surface area (Å²) in [6, 6.07) is 12.2. The first-order valence-corrected chi connectivity index (χ1v) is 12.8. The maximum atomic E-state index is 13.2.